The number of anilines is 1. The highest BCUT2D eigenvalue weighted by Crippen LogP contribution is 2.31. The number of carbonyl (C=O) groups is 1. The lowest BCUT2D eigenvalue weighted by Crippen LogP contribution is -2.52. The van der Waals surface area contributed by atoms with Gasteiger partial charge >= 0.3 is 6.03 Å². The Bertz CT molecular complexity index is 1300. The number of amides is 2. The number of aromatic nitrogens is 2. The SMILES string of the molecule is CC1=C(c2nc(N3CCN(C(=O)N4N=CC[C@H]4c4cc(F)cc(C#N)c4)CC3)ncc2F)N(C)NN1. The molecule has 2 N–H and O–H groups in total. The quantitative estimate of drug-likeness (QED) is 0.665. The number of benzene rings is 1. The van der Waals surface area contributed by atoms with Crippen LogP contribution in [0.15, 0.2) is 35.2 Å². The van der Waals surface area contributed by atoms with E-state index < -0.39 is 17.7 Å². The van der Waals surface area contributed by atoms with E-state index in [1.54, 1.807) is 29.2 Å². The molecule has 186 valence electrons. The Balaban J connectivity index is 1.28. The summed E-state index contributed by atoms with van der Waals surface area (Å²) in [6.07, 6.45) is 3.20. The number of nitrogens with one attached hydrogen (secondary N) is 2. The highest BCUT2D eigenvalue weighted by Gasteiger charge is 2.34. The van der Waals surface area contributed by atoms with Crippen molar-refractivity contribution in [2.24, 2.45) is 5.10 Å². The van der Waals surface area contributed by atoms with E-state index in [2.05, 4.69) is 26.0 Å². The van der Waals surface area contributed by atoms with Gasteiger partial charge < -0.3 is 15.2 Å². The molecule has 0 spiro atoms. The van der Waals surface area contributed by atoms with Crippen molar-refractivity contribution in [3.05, 3.63) is 58.5 Å². The highest BCUT2D eigenvalue weighted by atomic mass is 19.1. The molecule has 3 aliphatic rings. The Morgan fingerprint density at radius 3 is 2.67 bits per heavy atom. The van der Waals surface area contributed by atoms with Gasteiger partial charge in [-0.3, -0.25) is 5.01 Å². The molecule has 1 fully saturated rings. The summed E-state index contributed by atoms with van der Waals surface area (Å²) in [5.74, 6) is -0.689. The summed E-state index contributed by atoms with van der Waals surface area (Å²) in [5, 5.41) is 16.4. The maximum Gasteiger partial charge on any atom is 0.341 e. The minimum atomic E-state index is -0.533. The number of hydrazine groups is 2. The molecule has 2 amide bonds. The number of allylic oxidation sites excluding steroid dienone is 1. The predicted octanol–water partition coefficient (Wildman–Crippen LogP) is 1.94. The van der Waals surface area contributed by atoms with Crippen LogP contribution in [-0.2, 0) is 0 Å². The molecule has 0 aliphatic carbocycles. The molecule has 11 nitrogen and oxygen atoms in total. The van der Waals surface area contributed by atoms with Gasteiger partial charge in [-0.05, 0) is 30.7 Å². The Kier molecular flexibility index (Phi) is 6.11. The number of halogens is 2. The van der Waals surface area contributed by atoms with E-state index in [-0.39, 0.29) is 17.3 Å². The summed E-state index contributed by atoms with van der Waals surface area (Å²) in [5.41, 5.74) is 8.03. The maximum atomic E-state index is 14.6. The third-order valence-corrected chi connectivity index (χ3v) is 6.35. The monoisotopic (exact) mass is 494 g/mol. The molecule has 5 rings (SSSR count). The summed E-state index contributed by atoms with van der Waals surface area (Å²) in [6.45, 7) is 3.47. The molecular formula is C23H24F2N10O. The van der Waals surface area contributed by atoms with Crippen molar-refractivity contribution >= 4 is 23.9 Å². The molecule has 2 aromatic rings. The molecule has 1 saturated heterocycles. The first-order valence-corrected chi connectivity index (χ1v) is 11.4. The van der Waals surface area contributed by atoms with Crippen molar-refractivity contribution in [2.75, 3.05) is 38.1 Å². The molecule has 36 heavy (non-hydrogen) atoms. The fraction of sp³-hybridized carbons (Fsp3) is 0.348. The van der Waals surface area contributed by atoms with E-state index in [0.29, 0.717) is 49.8 Å². The standard InChI is InChI=1S/C23H24F2N10O/c1-14-21(32(2)31-30-14)20-18(25)13-27-22(29-20)33-5-7-34(8-6-33)23(36)35-19(3-4-28-35)16-9-15(12-26)10-17(24)11-16/h4,9-11,13,19,30-31H,3,5-8H2,1-2H3/t19-/m0/s1. The Hall–Kier alpha value is -4.31. The van der Waals surface area contributed by atoms with E-state index in [9.17, 15) is 13.6 Å². The third-order valence-electron chi connectivity index (χ3n) is 6.35. The number of rotatable bonds is 3. The number of piperazine rings is 1. The van der Waals surface area contributed by atoms with Gasteiger partial charge in [-0.25, -0.2) is 28.6 Å². The fourth-order valence-corrected chi connectivity index (χ4v) is 4.53. The van der Waals surface area contributed by atoms with E-state index in [4.69, 9.17) is 5.26 Å². The van der Waals surface area contributed by atoms with Crippen molar-refractivity contribution in [3.63, 3.8) is 0 Å². The Morgan fingerprint density at radius 1 is 1.19 bits per heavy atom. The Labute approximate surface area is 206 Å². The van der Waals surface area contributed by atoms with Crippen molar-refractivity contribution in [1.82, 2.24) is 35.8 Å². The molecule has 0 unspecified atom stereocenters. The predicted molar refractivity (Wildman–Crippen MR) is 127 cm³/mol. The van der Waals surface area contributed by atoms with E-state index in [1.165, 1.54) is 11.1 Å². The van der Waals surface area contributed by atoms with Crippen LogP contribution < -0.4 is 15.9 Å². The zero-order valence-electron chi connectivity index (χ0n) is 19.7. The van der Waals surface area contributed by atoms with Crippen LogP contribution in [0.3, 0.4) is 0 Å². The van der Waals surface area contributed by atoms with Crippen molar-refractivity contribution in [2.45, 2.75) is 19.4 Å². The average molecular weight is 495 g/mol. The minimum Gasteiger partial charge on any atom is -0.337 e. The minimum absolute atomic E-state index is 0.178. The van der Waals surface area contributed by atoms with E-state index in [0.717, 1.165) is 18.0 Å². The maximum absolute atomic E-state index is 14.6. The van der Waals surface area contributed by atoms with Gasteiger partial charge in [-0.1, -0.05) is 0 Å². The molecule has 13 heteroatoms. The van der Waals surface area contributed by atoms with Crippen LogP contribution in [0.25, 0.3) is 5.70 Å². The van der Waals surface area contributed by atoms with Crippen LogP contribution in [0.2, 0.25) is 0 Å². The van der Waals surface area contributed by atoms with Gasteiger partial charge in [0.15, 0.2) is 5.82 Å². The van der Waals surface area contributed by atoms with Gasteiger partial charge in [0, 0.05) is 45.9 Å². The number of hydrazone groups is 1. The van der Waals surface area contributed by atoms with Crippen LogP contribution in [0, 0.1) is 23.0 Å². The first-order valence-electron chi connectivity index (χ1n) is 11.4. The largest absolute Gasteiger partial charge is 0.341 e. The van der Waals surface area contributed by atoms with Gasteiger partial charge in [0.25, 0.3) is 0 Å². The highest BCUT2D eigenvalue weighted by molar-refractivity contribution is 5.79. The van der Waals surface area contributed by atoms with Gasteiger partial charge in [-0.2, -0.15) is 10.4 Å². The molecule has 1 atom stereocenters. The smallest absolute Gasteiger partial charge is 0.337 e. The molecule has 1 aromatic carbocycles. The first kappa shape index (κ1) is 23.4. The number of hydrogen-bond acceptors (Lipinski definition) is 9. The molecular weight excluding hydrogens is 470 g/mol. The second-order valence-corrected chi connectivity index (χ2v) is 8.67. The molecule has 3 aliphatic heterocycles. The average Bonchev–Trinajstić information content (AvgIpc) is 3.50. The lowest BCUT2D eigenvalue weighted by Gasteiger charge is -2.37. The summed E-state index contributed by atoms with van der Waals surface area (Å²) in [6, 6.07) is 5.21. The third kappa shape index (κ3) is 4.27. The normalized spacial score (nSPS) is 19.7. The van der Waals surface area contributed by atoms with Crippen LogP contribution in [0.1, 0.15) is 36.2 Å². The first-order chi connectivity index (χ1) is 17.4. The van der Waals surface area contributed by atoms with Gasteiger partial charge in [0.05, 0.1) is 29.6 Å². The van der Waals surface area contributed by atoms with Gasteiger partial charge in [0.2, 0.25) is 5.95 Å². The van der Waals surface area contributed by atoms with Crippen molar-refractivity contribution < 1.29 is 13.6 Å². The second-order valence-electron chi connectivity index (χ2n) is 8.67. The number of nitriles is 1. The summed E-state index contributed by atoms with van der Waals surface area (Å²) < 4.78 is 28.5. The molecule has 0 saturated carbocycles. The van der Waals surface area contributed by atoms with E-state index >= 15 is 0 Å². The van der Waals surface area contributed by atoms with Crippen LogP contribution in [-0.4, -0.2) is 70.4 Å². The summed E-state index contributed by atoms with van der Waals surface area (Å²) in [4.78, 5) is 25.5. The van der Waals surface area contributed by atoms with Crippen LogP contribution in [0.5, 0.6) is 0 Å². The van der Waals surface area contributed by atoms with Crippen molar-refractivity contribution in [1.29, 1.82) is 5.26 Å². The molecule has 4 heterocycles. The zero-order valence-corrected chi connectivity index (χ0v) is 19.7. The Morgan fingerprint density at radius 2 is 1.97 bits per heavy atom. The number of urea groups is 1. The molecule has 1 aromatic heterocycles. The number of hydrogen-bond donors (Lipinski definition) is 2. The summed E-state index contributed by atoms with van der Waals surface area (Å²) >= 11 is 0. The lowest BCUT2D eigenvalue weighted by atomic mass is 10.0. The lowest BCUT2D eigenvalue weighted by molar-refractivity contribution is 0.139. The number of nitrogens with zero attached hydrogens (tertiary/aromatic N) is 8. The second kappa shape index (κ2) is 9.38. The van der Waals surface area contributed by atoms with Gasteiger partial charge in [0.1, 0.15) is 17.2 Å². The van der Waals surface area contributed by atoms with Crippen LogP contribution >= 0.6 is 0 Å². The molecule has 0 radical (unpaired) electrons. The topological polar surface area (TPSA) is 116 Å². The summed E-state index contributed by atoms with van der Waals surface area (Å²) in [7, 11) is 1.75. The van der Waals surface area contributed by atoms with E-state index in [1.807, 2.05) is 17.9 Å². The zero-order chi connectivity index (χ0) is 25.4. The van der Waals surface area contributed by atoms with Crippen molar-refractivity contribution in [3.8, 4) is 6.07 Å². The fourth-order valence-electron chi connectivity index (χ4n) is 4.53. The van der Waals surface area contributed by atoms with Crippen LogP contribution in [0.4, 0.5) is 19.5 Å². The molecule has 0 bridgehead atoms. The number of carbonyl (C=O) groups excluding carboxylic acids is 1. The van der Waals surface area contributed by atoms with Gasteiger partial charge in [-0.15, -0.1) is 5.53 Å².